The molecule has 3 aromatic carbocycles. The molecule has 0 aliphatic rings. The summed E-state index contributed by atoms with van der Waals surface area (Å²) >= 11 is 15.4. The highest BCUT2D eigenvalue weighted by atomic mass is 79.9. The normalized spacial score (nSPS) is 10.8. The van der Waals surface area contributed by atoms with Gasteiger partial charge in [-0.3, -0.25) is 19.8 Å². The number of hydrogen-bond donors (Lipinski definition) is 3. The smallest absolute Gasteiger partial charge is 0.320 e. The summed E-state index contributed by atoms with van der Waals surface area (Å²) in [5, 5.41) is 6.62. The predicted octanol–water partition coefficient (Wildman–Crippen LogP) is 6.29. The van der Waals surface area contributed by atoms with E-state index in [0.717, 1.165) is 15.6 Å². The second-order valence-electron chi connectivity index (χ2n) is 7.81. The Hall–Kier alpha value is -3.33. The van der Waals surface area contributed by atoms with E-state index < -0.39 is 17.7 Å². The van der Waals surface area contributed by atoms with Gasteiger partial charge in [-0.1, -0.05) is 57.3 Å². The first-order valence-electron chi connectivity index (χ1n) is 10.4. The number of anilines is 2. The van der Waals surface area contributed by atoms with Crippen molar-refractivity contribution in [1.82, 2.24) is 4.68 Å². The fourth-order valence-corrected chi connectivity index (χ4v) is 4.42. The monoisotopic (exact) mass is 572 g/mol. The van der Waals surface area contributed by atoms with Crippen molar-refractivity contribution in [2.45, 2.75) is 13.8 Å². The van der Waals surface area contributed by atoms with Crippen molar-refractivity contribution in [3.8, 4) is 0 Å². The number of carbonyl (C=O) groups excluding carboxylic acids is 3. The topological polar surface area (TPSA) is 92.2 Å². The standard InChI is InChI=1S/C25H19BrCl2N4O3/c1-13-4-3-5-14(2)22(13)30-23(33)21-11-15-10-16(26)6-9-20(15)32(21)31-25(35)24(34)29-19-8-7-17(27)12-18(19)28/h3-12H,1-2H3,(H,29,34)(H,30,33)(H,31,35). The van der Waals surface area contributed by atoms with Crippen molar-refractivity contribution < 1.29 is 14.4 Å². The van der Waals surface area contributed by atoms with Gasteiger partial charge in [-0.15, -0.1) is 0 Å². The third-order valence-electron chi connectivity index (χ3n) is 5.31. The molecule has 1 aromatic heterocycles. The number of amides is 3. The molecular weight excluding hydrogens is 555 g/mol. The van der Waals surface area contributed by atoms with E-state index in [4.69, 9.17) is 23.2 Å². The maximum Gasteiger partial charge on any atom is 0.328 e. The molecule has 178 valence electrons. The molecule has 4 rings (SSSR count). The highest BCUT2D eigenvalue weighted by Gasteiger charge is 2.22. The Bertz CT molecular complexity index is 1480. The number of benzene rings is 3. The predicted molar refractivity (Wildman–Crippen MR) is 143 cm³/mol. The summed E-state index contributed by atoms with van der Waals surface area (Å²) in [6.45, 7) is 3.78. The minimum absolute atomic E-state index is 0.145. The van der Waals surface area contributed by atoms with Crippen LogP contribution in [0.5, 0.6) is 0 Å². The van der Waals surface area contributed by atoms with Crippen molar-refractivity contribution in [3.63, 3.8) is 0 Å². The zero-order chi connectivity index (χ0) is 25.3. The molecule has 7 nitrogen and oxygen atoms in total. The number of halogens is 3. The zero-order valence-electron chi connectivity index (χ0n) is 18.6. The van der Waals surface area contributed by atoms with Crippen LogP contribution in [0.3, 0.4) is 0 Å². The van der Waals surface area contributed by atoms with Crippen LogP contribution in [0.2, 0.25) is 10.0 Å². The van der Waals surface area contributed by atoms with Crippen LogP contribution < -0.4 is 16.1 Å². The molecule has 0 saturated heterocycles. The molecule has 0 saturated carbocycles. The van der Waals surface area contributed by atoms with Gasteiger partial charge in [-0.2, -0.15) is 0 Å². The SMILES string of the molecule is Cc1cccc(C)c1NC(=O)c1cc2cc(Br)ccc2n1NC(=O)C(=O)Nc1ccc(Cl)cc1Cl. The van der Waals surface area contributed by atoms with E-state index in [1.54, 1.807) is 24.3 Å². The Morgan fingerprint density at radius 1 is 0.857 bits per heavy atom. The van der Waals surface area contributed by atoms with Gasteiger partial charge in [0.2, 0.25) is 0 Å². The molecule has 0 spiro atoms. The summed E-state index contributed by atoms with van der Waals surface area (Å²) in [4.78, 5) is 38.7. The molecule has 4 aromatic rings. The van der Waals surface area contributed by atoms with E-state index in [1.807, 2.05) is 32.0 Å². The lowest BCUT2D eigenvalue weighted by molar-refractivity contribution is -0.133. The second-order valence-corrected chi connectivity index (χ2v) is 9.57. The van der Waals surface area contributed by atoms with E-state index in [9.17, 15) is 14.4 Å². The van der Waals surface area contributed by atoms with Crippen molar-refractivity contribution in [3.05, 3.63) is 92.0 Å². The summed E-state index contributed by atoms with van der Waals surface area (Å²) in [5.41, 5.74) is 5.89. The number of fused-ring (bicyclic) bond motifs is 1. The minimum atomic E-state index is -0.988. The van der Waals surface area contributed by atoms with Crippen LogP contribution in [0, 0.1) is 13.8 Å². The van der Waals surface area contributed by atoms with E-state index in [1.165, 1.54) is 22.9 Å². The first-order valence-corrected chi connectivity index (χ1v) is 11.9. The van der Waals surface area contributed by atoms with Gasteiger partial charge in [0.05, 0.1) is 16.2 Å². The third-order valence-corrected chi connectivity index (χ3v) is 6.36. The lowest BCUT2D eigenvalue weighted by atomic mass is 10.1. The molecule has 0 fully saturated rings. The van der Waals surface area contributed by atoms with Gasteiger partial charge in [0.1, 0.15) is 5.69 Å². The fraction of sp³-hybridized carbons (Fsp3) is 0.0800. The highest BCUT2D eigenvalue weighted by molar-refractivity contribution is 9.10. The average Bonchev–Trinajstić information content (AvgIpc) is 3.15. The van der Waals surface area contributed by atoms with Crippen molar-refractivity contribution >= 4 is 79.1 Å². The number of nitrogens with one attached hydrogen (secondary N) is 3. The molecule has 3 amide bonds. The molecule has 10 heteroatoms. The summed E-state index contributed by atoms with van der Waals surface area (Å²) in [6.07, 6.45) is 0. The molecule has 0 bridgehead atoms. The summed E-state index contributed by atoms with van der Waals surface area (Å²) in [6, 6.07) is 17.1. The molecule has 0 atom stereocenters. The zero-order valence-corrected chi connectivity index (χ0v) is 21.7. The maximum absolute atomic E-state index is 13.3. The van der Waals surface area contributed by atoms with Crippen LogP contribution in [-0.2, 0) is 9.59 Å². The third kappa shape index (κ3) is 5.35. The van der Waals surface area contributed by atoms with Crippen LogP contribution >= 0.6 is 39.1 Å². The van der Waals surface area contributed by atoms with Gasteiger partial charge in [-0.05, 0) is 67.4 Å². The Kier molecular flexibility index (Phi) is 7.16. The van der Waals surface area contributed by atoms with Gasteiger partial charge in [0.15, 0.2) is 0 Å². The van der Waals surface area contributed by atoms with Crippen LogP contribution in [0.25, 0.3) is 10.9 Å². The Morgan fingerprint density at radius 2 is 1.57 bits per heavy atom. The minimum Gasteiger partial charge on any atom is -0.320 e. The molecule has 0 radical (unpaired) electrons. The molecule has 0 aliphatic carbocycles. The van der Waals surface area contributed by atoms with Gasteiger partial charge in [0, 0.05) is 20.6 Å². The Balaban J connectivity index is 1.65. The van der Waals surface area contributed by atoms with Crippen LogP contribution in [-0.4, -0.2) is 22.4 Å². The fourth-order valence-electron chi connectivity index (χ4n) is 3.59. The van der Waals surface area contributed by atoms with Gasteiger partial charge < -0.3 is 10.6 Å². The maximum atomic E-state index is 13.3. The Morgan fingerprint density at radius 3 is 2.26 bits per heavy atom. The molecule has 3 N–H and O–H groups in total. The summed E-state index contributed by atoms with van der Waals surface area (Å²) in [5.74, 6) is -2.40. The van der Waals surface area contributed by atoms with Crippen molar-refractivity contribution in [1.29, 1.82) is 0 Å². The number of nitrogens with zero attached hydrogens (tertiary/aromatic N) is 1. The first-order chi connectivity index (χ1) is 16.6. The number of carbonyl (C=O) groups is 3. The molecule has 1 heterocycles. The van der Waals surface area contributed by atoms with E-state index >= 15 is 0 Å². The summed E-state index contributed by atoms with van der Waals surface area (Å²) in [7, 11) is 0. The number of hydrogen-bond acceptors (Lipinski definition) is 3. The lowest BCUT2D eigenvalue weighted by Crippen LogP contribution is -2.36. The highest BCUT2D eigenvalue weighted by Crippen LogP contribution is 2.27. The molecule has 35 heavy (non-hydrogen) atoms. The van der Waals surface area contributed by atoms with E-state index in [-0.39, 0.29) is 16.4 Å². The number of aromatic nitrogens is 1. The van der Waals surface area contributed by atoms with Crippen LogP contribution in [0.4, 0.5) is 11.4 Å². The quantitative estimate of drug-likeness (QED) is 0.251. The number of rotatable bonds is 4. The number of aryl methyl sites for hydroxylation is 2. The van der Waals surface area contributed by atoms with Gasteiger partial charge in [0.25, 0.3) is 5.91 Å². The summed E-state index contributed by atoms with van der Waals surface area (Å²) < 4.78 is 2.08. The first kappa shape index (κ1) is 24.8. The largest absolute Gasteiger partial charge is 0.328 e. The van der Waals surface area contributed by atoms with Crippen molar-refractivity contribution in [2.75, 3.05) is 16.1 Å². The molecular formula is C25H19BrCl2N4O3. The van der Waals surface area contributed by atoms with Crippen LogP contribution in [0.1, 0.15) is 21.6 Å². The van der Waals surface area contributed by atoms with Gasteiger partial charge in [-0.25, -0.2) is 4.68 Å². The second kappa shape index (κ2) is 10.1. The van der Waals surface area contributed by atoms with Crippen LogP contribution in [0.15, 0.2) is 65.1 Å². The van der Waals surface area contributed by atoms with E-state index in [0.29, 0.717) is 21.6 Å². The molecule has 0 unspecified atom stereocenters. The molecule has 0 aliphatic heterocycles. The number of para-hydroxylation sites is 1. The van der Waals surface area contributed by atoms with E-state index in [2.05, 4.69) is 32.0 Å². The lowest BCUT2D eigenvalue weighted by Gasteiger charge is -2.15. The Labute approximate surface area is 219 Å². The average molecular weight is 574 g/mol. The van der Waals surface area contributed by atoms with Crippen molar-refractivity contribution in [2.24, 2.45) is 0 Å². The van der Waals surface area contributed by atoms with Gasteiger partial charge >= 0.3 is 11.8 Å².